The van der Waals surface area contributed by atoms with E-state index in [0.29, 0.717) is 28.9 Å². The van der Waals surface area contributed by atoms with Crippen molar-refractivity contribution in [1.82, 2.24) is 30.0 Å². The standard InChI is InChI=1S/C32H34FN7O2S/c1-6-7-22(8-20(2)19-40(3)4)24-12-27-30(35-15-24)18-36-39-32(27)29-13-26-28(16-34-17-31(26)38-29)23-9-21(10-25(33)11-23)14-37-43(5,41)42/h6-13,15-17,36-38H,1,14,18-19H2,2-5H3/b20-8+,22-7+. The minimum absolute atomic E-state index is 0.0217. The summed E-state index contributed by atoms with van der Waals surface area (Å²) in [6.07, 6.45) is 12.2. The fourth-order valence-corrected chi connectivity index (χ4v) is 5.58. The summed E-state index contributed by atoms with van der Waals surface area (Å²) in [5.74, 6) is -0.470. The van der Waals surface area contributed by atoms with Crippen molar-refractivity contribution in [3.05, 3.63) is 113 Å². The quantitative estimate of drug-likeness (QED) is 0.227. The Morgan fingerprint density at radius 1 is 1.14 bits per heavy atom. The molecule has 0 saturated carbocycles. The van der Waals surface area contributed by atoms with Crippen LogP contribution in [0.3, 0.4) is 0 Å². The molecule has 0 unspecified atom stereocenters. The van der Waals surface area contributed by atoms with E-state index in [0.717, 1.165) is 51.8 Å². The second-order valence-electron chi connectivity index (χ2n) is 10.9. The van der Waals surface area contributed by atoms with Crippen LogP contribution in [0.5, 0.6) is 0 Å². The molecule has 0 bridgehead atoms. The monoisotopic (exact) mass is 599 g/mol. The van der Waals surface area contributed by atoms with Gasteiger partial charge in [0.2, 0.25) is 10.0 Å². The highest BCUT2D eigenvalue weighted by Gasteiger charge is 2.21. The molecule has 3 N–H and O–H groups in total. The van der Waals surface area contributed by atoms with Crippen LogP contribution in [0.1, 0.15) is 35.0 Å². The molecule has 222 valence electrons. The van der Waals surface area contributed by atoms with Gasteiger partial charge in [-0.25, -0.2) is 17.5 Å². The third-order valence-corrected chi connectivity index (χ3v) is 7.54. The van der Waals surface area contributed by atoms with E-state index < -0.39 is 15.8 Å². The Hall–Kier alpha value is -4.45. The number of hydrogen-bond acceptors (Lipinski definition) is 7. The van der Waals surface area contributed by atoms with E-state index in [-0.39, 0.29) is 6.54 Å². The van der Waals surface area contributed by atoms with Gasteiger partial charge in [-0.1, -0.05) is 30.4 Å². The molecule has 5 rings (SSSR count). The van der Waals surface area contributed by atoms with Crippen molar-refractivity contribution >= 4 is 32.2 Å². The van der Waals surface area contributed by atoms with Gasteiger partial charge in [0.1, 0.15) is 11.5 Å². The Morgan fingerprint density at radius 3 is 2.70 bits per heavy atom. The maximum atomic E-state index is 14.6. The van der Waals surface area contributed by atoms with Crippen molar-refractivity contribution < 1.29 is 12.8 Å². The van der Waals surface area contributed by atoms with Crippen LogP contribution in [-0.4, -0.2) is 60.9 Å². The van der Waals surface area contributed by atoms with Gasteiger partial charge in [-0.2, -0.15) is 5.10 Å². The summed E-state index contributed by atoms with van der Waals surface area (Å²) < 4.78 is 40.2. The van der Waals surface area contributed by atoms with Gasteiger partial charge < -0.3 is 15.3 Å². The molecule has 1 aliphatic heterocycles. The van der Waals surface area contributed by atoms with Gasteiger partial charge >= 0.3 is 0 Å². The molecule has 0 saturated heterocycles. The molecule has 9 nitrogen and oxygen atoms in total. The van der Waals surface area contributed by atoms with Gasteiger partial charge in [0.05, 0.1) is 35.9 Å². The van der Waals surface area contributed by atoms with Crippen LogP contribution in [0.4, 0.5) is 4.39 Å². The Labute approximate surface area is 251 Å². The van der Waals surface area contributed by atoms with Crippen molar-refractivity contribution in [3.63, 3.8) is 0 Å². The number of nitrogens with zero attached hydrogens (tertiary/aromatic N) is 4. The molecule has 0 atom stereocenters. The average Bonchev–Trinajstić information content (AvgIpc) is 3.38. The van der Waals surface area contributed by atoms with Crippen LogP contribution in [0.15, 0.2) is 84.4 Å². The summed E-state index contributed by atoms with van der Waals surface area (Å²) in [6.45, 7) is 7.30. The van der Waals surface area contributed by atoms with E-state index in [2.05, 4.69) is 55.8 Å². The number of likely N-dealkylation sites (N-methyl/N-ethyl adjacent to an activating group) is 1. The zero-order valence-electron chi connectivity index (χ0n) is 24.6. The molecule has 11 heteroatoms. The number of hydrogen-bond donors (Lipinski definition) is 3. The molecule has 1 aliphatic rings. The van der Waals surface area contributed by atoms with Gasteiger partial charge in [-0.3, -0.25) is 9.97 Å². The molecular weight excluding hydrogens is 565 g/mol. The minimum atomic E-state index is -3.43. The summed E-state index contributed by atoms with van der Waals surface area (Å²) in [5, 5.41) is 5.47. The summed E-state index contributed by atoms with van der Waals surface area (Å²) >= 11 is 0. The normalized spacial score (nSPS) is 14.0. The molecule has 3 aromatic heterocycles. The summed E-state index contributed by atoms with van der Waals surface area (Å²) in [5.41, 5.74) is 12.0. The van der Waals surface area contributed by atoms with Crippen molar-refractivity contribution in [1.29, 1.82) is 0 Å². The van der Waals surface area contributed by atoms with Gasteiger partial charge in [0, 0.05) is 47.6 Å². The zero-order valence-corrected chi connectivity index (χ0v) is 25.4. The van der Waals surface area contributed by atoms with E-state index in [1.807, 2.05) is 32.4 Å². The van der Waals surface area contributed by atoms with Crippen LogP contribution in [0.25, 0.3) is 27.6 Å². The summed E-state index contributed by atoms with van der Waals surface area (Å²) in [4.78, 5) is 14.7. The highest BCUT2D eigenvalue weighted by molar-refractivity contribution is 7.88. The van der Waals surface area contributed by atoms with Crippen molar-refractivity contribution in [2.45, 2.75) is 20.0 Å². The predicted molar refractivity (Wildman–Crippen MR) is 170 cm³/mol. The second kappa shape index (κ2) is 12.4. The number of allylic oxidation sites excluding steroid dienone is 4. The van der Waals surface area contributed by atoms with Crippen LogP contribution in [-0.2, 0) is 23.1 Å². The SMILES string of the molecule is C=C/C=C(\C=C(/C)CN(C)C)c1cnc2c(c1)C(c1cc3c(-c4cc(F)cc(CNS(C)(=O)=O)c4)cncc3[nH]1)=NNC2. The molecule has 4 heterocycles. The molecular formula is C32H34FN7O2S. The van der Waals surface area contributed by atoms with E-state index in [4.69, 9.17) is 4.98 Å². The average molecular weight is 600 g/mol. The fraction of sp³-hybridized carbons (Fsp3) is 0.219. The zero-order chi connectivity index (χ0) is 30.7. The lowest BCUT2D eigenvalue weighted by atomic mass is 9.97. The van der Waals surface area contributed by atoms with E-state index in [1.165, 1.54) is 17.7 Å². The lowest BCUT2D eigenvalue weighted by Gasteiger charge is -2.18. The highest BCUT2D eigenvalue weighted by atomic mass is 32.2. The Kier molecular flexibility index (Phi) is 8.67. The first-order valence-corrected chi connectivity index (χ1v) is 15.6. The van der Waals surface area contributed by atoms with Crippen LogP contribution < -0.4 is 10.1 Å². The number of halogens is 1. The van der Waals surface area contributed by atoms with Gasteiger partial charge in [0.25, 0.3) is 0 Å². The Morgan fingerprint density at radius 2 is 1.95 bits per heavy atom. The second-order valence-corrected chi connectivity index (χ2v) is 12.7. The molecule has 0 spiro atoms. The van der Waals surface area contributed by atoms with Crippen LogP contribution in [0, 0.1) is 5.82 Å². The predicted octanol–water partition coefficient (Wildman–Crippen LogP) is 4.75. The molecule has 43 heavy (non-hydrogen) atoms. The highest BCUT2D eigenvalue weighted by Crippen LogP contribution is 2.31. The molecule has 0 aliphatic carbocycles. The third kappa shape index (κ3) is 7.14. The number of rotatable bonds is 10. The van der Waals surface area contributed by atoms with Gasteiger partial charge in [0.15, 0.2) is 0 Å². The minimum Gasteiger partial charge on any atom is -0.352 e. The van der Waals surface area contributed by atoms with Crippen molar-refractivity contribution in [3.8, 4) is 11.1 Å². The molecule has 0 amide bonds. The molecule has 1 aromatic carbocycles. The first kappa shape index (κ1) is 30.0. The van der Waals surface area contributed by atoms with Crippen molar-refractivity contribution in [2.24, 2.45) is 5.10 Å². The number of nitrogens with one attached hydrogen (secondary N) is 3. The Bertz CT molecular complexity index is 1910. The molecule has 0 fully saturated rings. The van der Waals surface area contributed by atoms with E-state index >= 15 is 0 Å². The lowest BCUT2D eigenvalue weighted by molar-refractivity contribution is 0.445. The number of hydrazone groups is 1. The largest absolute Gasteiger partial charge is 0.352 e. The van der Waals surface area contributed by atoms with Crippen LogP contribution >= 0.6 is 0 Å². The fourth-order valence-electron chi connectivity index (χ4n) is 5.15. The van der Waals surface area contributed by atoms with Crippen molar-refractivity contribution in [2.75, 3.05) is 26.9 Å². The summed E-state index contributed by atoms with van der Waals surface area (Å²) in [6, 6.07) is 8.55. The van der Waals surface area contributed by atoms with E-state index in [9.17, 15) is 12.8 Å². The maximum Gasteiger partial charge on any atom is 0.209 e. The van der Waals surface area contributed by atoms with Gasteiger partial charge in [-0.15, -0.1) is 0 Å². The molecule has 0 radical (unpaired) electrons. The number of aromatic nitrogens is 3. The lowest BCUT2D eigenvalue weighted by Crippen LogP contribution is -2.23. The topological polar surface area (TPSA) is 115 Å². The number of pyridine rings is 2. The number of fused-ring (bicyclic) bond motifs is 2. The van der Waals surface area contributed by atoms with Gasteiger partial charge in [-0.05, 0) is 68.1 Å². The third-order valence-electron chi connectivity index (χ3n) is 6.87. The van der Waals surface area contributed by atoms with Crippen LogP contribution in [0.2, 0.25) is 0 Å². The first-order valence-electron chi connectivity index (χ1n) is 13.7. The molecule has 4 aromatic rings. The summed E-state index contributed by atoms with van der Waals surface area (Å²) in [7, 11) is 0.642. The number of H-pyrrole nitrogens is 1. The number of benzene rings is 1. The maximum absolute atomic E-state index is 14.6. The Balaban J connectivity index is 1.55. The smallest absolute Gasteiger partial charge is 0.209 e. The number of sulfonamides is 1. The first-order chi connectivity index (χ1) is 20.5. The van der Waals surface area contributed by atoms with E-state index in [1.54, 1.807) is 24.5 Å². The number of aromatic amines is 1.